The molecule has 2 aromatic rings. The van der Waals surface area contributed by atoms with Crippen molar-refractivity contribution < 1.29 is 119 Å². The first-order valence-corrected chi connectivity index (χ1v) is 21.1. The number of hydrogen-bond acceptors (Lipinski definition) is 18. The van der Waals surface area contributed by atoms with E-state index in [0.717, 1.165) is 0 Å². The molecule has 2 aromatic heterocycles. The summed E-state index contributed by atoms with van der Waals surface area (Å²) in [6.07, 6.45) is -1.67. The minimum atomic E-state index is -1.38. The molecule has 24 heteroatoms. The first-order valence-electron chi connectivity index (χ1n) is 17.5. The van der Waals surface area contributed by atoms with Crippen LogP contribution in [-0.4, -0.2) is 137 Å². The van der Waals surface area contributed by atoms with E-state index in [-0.39, 0.29) is 128 Å². The molecule has 300 valence electrons. The molecule has 6 aliphatic heterocycles. The fourth-order valence-corrected chi connectivity index (χ4v) is 12.7. The van der Waals surface area contributed by atoms with Crippen molar-refractivity contribution in [1.82, 2.24) is 19.8 Å². The Balaban J connectivity index is 0.000000214. The molecule has 4 N–H and O–H groups in total. The molecule has 0 saturated carbocycles. The van der Waals surface area contributed by atoms with Crippen molar-refractivity contribution in [3.8, 4) is 0 Å². The molecule has 2 amide bonds. The number of nitrogens with zero attached hydrogens (tertiary/aromatic N) is 6. The third-order valence-electron chi connectivity index (χ3n) is 10.9. The molecule has 0 aromatic carbocycles. The standard InChI is InChI=1S/2C17H19N3O6S2.2Na/c2*1-6-11-10(7(2)21)14(22)20(11)12(16(25)26)13(6)28-8-3-19(4-8)17-18-9(5-27-17)15(23)24;;/h2*5-8,10-11,21H,3-4H2,1-2H3,(H,23,24)(H,25,26);;/q;;2*+1/p-2/t2*6-,7-,10-,11-;;/m11../s1. The van der Waals surface area contributed by atoms with Crippen LogP contribution < -0.4 is 79.1 Å². The van der Waals surface area contributed by atoms with Gasteiger partial charge in [-0.05, 0) is 13.8 Å². The number of aliphatic hydroxyl groups excluding tert-OH is 2. The number of carbonyl (C=O) groups excluding carboxylic acids is 4. The van der Waals surface area contributed by atoms with E-state index in [4.69, 9.17) is 10.2 Å². The number of aromatic nitrogens is 2. The Bertz CT molecular complexity index is 1940. The van der Waals surface area contributed by atoms with Gasteiger partial charge >= 0.3 is 71.1 Å². The van der Waals surface area contributed by atoms with Crippen molar-refractivity contribution in [2.45, 2.75) is 62.5 Å². The maximum absolute atomic E-state index is 12.3. The molecule has 8 heterocycles. The number of aliphatic carboxylic acids is 2. The fourth-order valence-electron chi connectivity index (χ4n) is 8.05. The van der Waals surface area contributed by atoms with Crippen LogP contribution in [0, 0.1) is 23.7 Å². The number of carboxylic acid groups (broad SMARTS) is 4. The Kier molecular flexibility index (Phi) is 14.5. The molecule has 0 radical (unpaired) electrons. The zero-order chi connectivity index (χ0) is 40.7. The number of aliphatic hydroxyl groups is 2. The smallest absolute Gasteiger partial charge is 0.543 e. The van der Waals surface area contributed by atoms with Crippen molar-refractivity contribution >= 4 is 92.2 Å². The number of aromatic carboxylic acids is 2. The summed E-state index contributed by atoms with van der Waals surface area (Å²) in [5.41, 5.74) is -0.139. The zero-order valence-electron chi connectivity index (χ0n) is 32.1. The Labute approximate surface area is 392 Å². The molecule has 0 unspecified atom stereocenters. The Morgan fingerprint density at radius 2 is 1.03 bits per heavy atom. The molecule has 0 spiro atoms. The Morgan fingerprint density at radius 3 is 1.29 bits per heavy atom. The van der Waals surface area contributed by atoms with Gasteiger partial charge in [-0.15, -0.1) is 46.2 Å². The number of rotatable bonds is 12. The van der Waals surface area contributed by atoms with Crippen LogP contribution in [0.5, 0.6) is 0 Å². The predicted octanol–water partition coefficient (Wildman–Crippen LogP) is -6.83. The van der Waals surface area contributed by atoms with Gasteiger partial charge in [0.15, 0.2) is 21.7 Å². The second kappa shape index (κ2) is 18.0. The van der Waals surface area contributed by atoms with E-state index in [1.807, 2.05) is 23.6 Å². The second-order valence-electron chi connectivity index (χ2n) is 14.4. The third kappa shape index (κ3) is 8.13. The molecule has 4 fully saturated rings. The summed E-state index contributed by atoms with van der Waals surface area (Å²) in [6.45, 7) is 9.23. The van der Waals surface area contributed by atoms with E-state index in [2.05, 4.69) is 9.97 Å². The Hall–Kier alpha value is -2.22. The number of β-lactam (4-membered cyclic amide) rings is 2. The van der Waals surface area contributed by atoms with Crippen LogP contribution >= 0.6 is 46.2 Å². The molecule has 58 heavy (non-hydrogen) atoms. The molecule has 4 saturated heterocycles. The van der Waals surface area contributed by atoms with Crippen molar-refractivity contribution in [1.29, 1.82) is 0 Å². The molecular weight excluding hydrogens is 859 g/mol. The number of hydrogen-bond donors (Lipinski definition) is 4. The number of carbonyl (C=O) groups is 6. The molecular formula is C34H36N6Na2O12S4. The van der Waals surface area contributed by atoms with Gasteiger partial charge in [-0.25, -0.2) is 19.6 Å². The summed E-state index contributed by atoms with van der Waals surface area (Å²) >= 11 is 5.34. The van der Waals surface area contributed by atoms with Crippen LogP contribution in [0.15, 0.2) is 32.0 Å². The number of anilines is 2. The molecule has 18 nitrogen and oxygen atoms in total. The van der Waals surface area contributed by atoms with Crippen LogP contribution in [0.1, 0.15) is 48.7 Å². The maximum Gasteiger partial charge on any atom is 1.00 e. The zero-order valence-corrected chi connectivity index (χ0v) is 39.4. The summed E-state index contributed by atoms with van der Waals surface area (Å²) in [4.78, 5) is 85.7. The number of fused-ring (bicyclic) bond motifs is 2. The van der Waals surface area contributed by atoms with E-state index in [0.29, 0.717) is 46.3 Å². The quantitative estimate of drug-likeness (QED) is 0.114. The van der Waals surface area contributed by atoms with E-state index in [1.54, 1.807) is 13.8 Å². The fraction of sp³-hybridized carbons (Fsp3) is 0.529. The summed E-state index contributed by atoms with van der Waals surface area (Å²) < 4.78 is 0. The minimum absolute atomic E-state index is 0. The van der Waals surface area contributed by atoms with Crippen molar-refractivity contribution in [2.24, 2.45) is 23.7 Å². The van der Waals surface area contributed by atoms with E-state index >= 15 is 0 Å². The second-order valence-corrected chi connectivity index (χ2v) is 18.8. The number of amides is 2. The molecule has 0 aliphatic carbocycles. The topological polar surface area (TPSA) is 268 Å². The predicted molar refractivity (Wildman–Crippen MR) is 199 cm³/mol. The summed E-state index contributed by atoms with van der Waals surface area (Å²) in [6, 6.07) is -0.702. The van der Waals surface area contributed by atoms with Crippen molar-refractivity contribution in [3.63, 3.8) is 0 Å². The van der Waals surface area contributed by atoms with Gasteiger partial charge in [0.1, 0.15) is 0 Å². The van der Waals surface area contributed by atoms with Gasteiger partial charge in [-0.3, -0.25) is 9.59 Å². The normalized spacial score (nSPS) is 27.1. The van der Waals surface area contributed by atoms with Crippen molar-refractivity contribution in [2.75, 3.05) is 36.0 Å². The number of carboxylic acids is 4. The monoisotopic (exact) mass is 894 g/mol. The van der Waals surface area contributed by atoms with Crippen LogP contribution in [0.2, 0.25) is 0 Å². The first-order chi connectivity index (χ1) is 26.4. The summed E-state index contributed by atoms with van der Waals surface area (Å²) in [7, 11) is 0. The maximum atomic E-state index is 12.3. The van der Waals surface area contributed by atoms with E-state index in [9.17, 15) is 49.2 Å². The SMILES string of the molecule is C[C@@H](O)[C@H]1C(=O)N2C(C(=O)[O-])=C(SC3CN(c4nc(C(=O)O)cs4)C3)[C@H](C)[C@H]12.C[C@@H](O)[C@H]1C(=O)N2C(C(=O)[O-])=C(SC3CN(c4nc(C(=O)O)cs4)C3)[C@H](C)[C@H]12.[Na+].[Na+]. The van der Waals surface area contributed by atoms with Gasteiger partial charge in [-0.1, -0.05) is 13.8 Å². The number of thioether (sulfide) groups is 2. The van der Waals surface area contributed by atoms with Gasteiger partial charge in [-0.2, -0.15) is 0 Å². The van der Waals surface area contributed by atoms with Gasteiger partial charge < -0.3 is 59.8 Å². The van der Waals surface area contributed by atoms with Crippen LogP contribution in [-0.2, 0) is 19.2 Å². The van der Waals surface area contributed by atoms with Gasteiger partial charge in [0.05, 0.1) is 59.5 Å². The molecule has 8 rings (SSSR count). The molecule has 6 aliphatic rings. The minimum Gasteiger partial charge on any atom is -0.543 e. The van der Waals surface area contributed by atoms with Crippen LogP contribution in [0.25, 0.3) is 0 Å². The number of thiazole rings is 2. The van der Waals surface area contributed by atoms with Crippen LogP contribution in [0.3, 0.4) is 0 Å². The third-order valence-corrected chi connectivity index (χ3v) is 15.6. The summed E-state index contributed by atoms with van der Waals surface area (Å²) in [5.74, 6) is -7.21. The van der Waals surface area contributed by atoms with Crippen LogP contribution in [0.4, 0.5) is 10.3 Å². The molecule has 0 bridgehead atoms. The van der Waals surface area contributed by atoms with Gasteiger partial charge in [0.2, 0.25) is 11.8 Å². The van der Waals surface area contributed by atoms with E-state index in [1.165, 1.54) is 66.8 Å². The molecule has 8 atom stereocenters. The Morgan fingerprint density at radius 1 is 0.707 bits per heavy atom. The van der Waals surface area contributed by atoms with Gasteiger partial charge in [0.25, 0.3) is 0 Å². The van der Waals surface area contributed by atoms with Gasteiger partial charge in [0, 0.05) is 69.1 Å². The van der Waals surface area contributed by atoms with Crippen molar-refractivity contribution in [3.05, 3.63) is 43.4 Å². The first kappa shape index (κ1) is 46.8. The van der Waals surface area contributed by atoms with E-state index < -0.39 is 47.9 Å². The average Bonchev–Trinajstić information content (AvgIpc) is 3.85. The summed E-state index contributed by atoms with van der Waals surface area (Å²) in [5, 5.41) is 65.5. The average molecular weight is 895 g/mol. The largest absolute Gasteiger partial charge is 1.00 e.